The first-order chi connectivity index (χ1) is 17.9. The Balaban J connectivity index is 2.10. The Kier molecular flexibility index (Phi) is 12.7. The number of amides is 2. The van der Waals surface area contributed by atoms with Crippen molar-refractivity contribution in [1.29, 1.82) is 0 Å². The third-order valence-corrected chi connectivity index (χ3v) is 6.41. The highest BCUT2D eigenvalue weighted by atomic mass is 32.2. The molecule has 0 unspecified atom stereocenters. The number of hydrogen-bond donors (Lipinski definition) is 2. The zero-order valence-corrected chi connectivity index (χ0v) is 23.0. The first-order valence-corrected chi connectivity index (χ1v) is 13.7. The van der Waals surface area contributed by atoms with Crippen LogP contribution in [-0.2, 0) is 17.9 Å². The number of benzene rings is 1. The number of hydrazone groups is 1. The molecule has 10 nitrogen and oxygen atoms in total. The van der Waals surface area contributed by atoms with Gasteiger partial charge in [-0.25, -0.2) is 15.9 Å². The Labute approximate surface area is 224 Å². The number of unbranched alkanes of at least 4 members (excludes halogenated alkanes) is 2. The number of hydrogen-bond acceptors (Lipinski definition) is 7. The van der Waals surface area contributed by atoms with Crippen molar-refractivity contribution in [2.75, 3.05) is 31.3 Å². The predicted octanol–water partition coefficient (Wildman–Crippen LogP) is 3.44. The van der Waals surface area contributed by atoms with Crippen molar-refractivity contribution in [3.05, 3.63) is 54.2 Å². The van der Waals surface area contributed by atoms with Gasteiger partial charge in [0.05, 0.1) is 6.54 Å². The van der Waals surface area contributed by atoms with Gasteiger partial charge in [-0.1, -0.05) is 67.9 Å². The van der Waals surface area contributed by atoms with Crippen LogP contribution in [0.25, 0.3) is 0 Å². The molecule has 0 aliphatic heterocycles. The van der Waals surface area contributed by atoms with Crippen LogP contribution in [0, 0.1) is 0 Å². The number of nitrogens with two attached hydrogens (primary N) is 2. The minimum atomic E-state index is -0.216. The monoisotopic (exact) mass is 528 g/mol. The standard InChI is InChI=1S/C26H40N8O2S/c1-5-7-11-18-32(20-35)24-23(33(16-6-2)26(29-24)37-4)25(36)31(3)17-12-15-22(27)30-34(28)19-21-13-9-8-10-14-21/h6,8-10,13-14,20H,2,5,7,11-12,15-19,28H2,1,3-4H3,(H2,27,30). The van der Waals surface area contributed by atoms with E-state index in [1.54, 1.807) is 18.0 Å². The molecule has 0 aliphatic rings. The molecule has 2 amide bonds. The number of nitrogens with zero attached hydrogens (tertiary/aromatic N) is 6. The van der Waals surface area contributed by atoms with Crippen LogP contribution in [0.2, 0.25) is 0 Å². The fourth-order valence-corrected chi connectivity index (χ4v) is 4.39. The van der Waals surface area contributed by atoms with Gasteiger partial charge in [-0.2, -0.15) is 0 Å². The number of carbonyl (C=O) groups excluding carboxylic acids is 2. The molecule has 4 N–H and O–H groups in total. The number of amidine groups is 1. The summed E-state index contributed by atoms with van der Waals surface area (Å²) in [5.41, 5.74) is 7.49. The third kappa shape index (κ3) is 8.94. The second-order valence-corrected chi connectivity index (χ2v) is 9.45. The van der Waals surface area contributed by atoms with Crippen LogP contribution < -0.4 is 16.5 Å². The summed E-state index contributed by atoms with van der Waals surface area (Å²) in [6.45, 7) is 7.73. The van der Waals surface area contributed by atoms with Crippen LogP contribution in [-0.4, -0.2) is 64.1 Å². The van der Waals surface area contributed by atoms with Gasteiger partial charge in [0.25, 0.3) is 5.91 Å². The number of imidazole rings is 1. The van der Waals surface area contributed by atoms with Crippen molar-refractivity contribution in [2.24, 2.45) is 16.7 Å². The fourth-order valence-electron chi connectivity index (χ4n) is 3.83. The molecule has 0 aliphatic carbocycles. The zero-order valence-electron chi connectivity index (χ0n) is 22.2. The lowest BCUT2D eigenvalue weighted by molar-refractivity contribution is -0.107. The van der Waals surface area contributed by atoms with Crippen molar-refractivity contribution < 1.29 is 9.59 Å². The molecule has 1 aromatic carbocycles. The summed E-state index contributed by atoms with van der Waals surface area (Å²) < 4.78 is 1.81. The smallest absolute Gasteiger partial charge is 0.274 e. The normalized spacial score (nSPS) is 11.3. The van der Waals surface area contributed by atoms with Crippen LogP contribution in [0.1, 0.15) is 55.1 Å². The number of hydrazine groups is 1. The average molecular weight is 529 g/mol. The molecule has 2 rings (SSSR count). The van der Waals surface area contributed by atoms with E-state index >= 15 is 0 Å². The van der Waals surface area contributed by atoms with Gasteiger partial charge in [0.15, 0.2) is 16.7 Å². The number of aromatic nitrogens is 2. The minimum Gasteiger partial charge on any atom is -0.386 e. The highest BCUT2D eigenvalue weighted by molar-refractivity contribution is 7.98. The van der Waals surface area contributed by atoms with E-state index in [9.17, 15) is 9.59 Å². The molecule has 202 valence electrons. The first kappa shape index (κ1) is 29.9. The van der Waals surface area contributed by atoms with Crippen LogP contribution in [0.15, 0.2) is 53.2 Å². The van der Waals surface area contributed by atoms with E-state index in [1.807, 2.05) is 41.2 Å². The maximum Gasteiger partial charge on any atom is 0.274 e. The molecule has 0 saturated heterocycles. The Morgan fingerprint density at radius 3 is 2.57 bits per heavy atom. The molecule has 11 heteroatoms. The molecular formula is C26H40N8O2S. The lowest BCUT2D eigenvalue weighted by atomic mass is 10.2. The molecule has 0 fully saturated rings. The van der Waals surface area contributed by atoms with Gasteiger partial charge in [-0.05, 0) is 24.7 Å². The predicted molar refractivity (Wildman–Crippen MR) is 151 cm³/mol. The van der Waals surface area contributed by atoms with Gasteiger partial charge in [0, 0.05) is 33.1 Å². The largest absolute Gasteiger partial charge is 0.386 e. The van der Waals surface area contributed by atoms with Crippen molar-refractivity contribution in [2.45, 2.75) is 57.3 Å². The van der Waals surface area contributed by atoms with Gasteiger partial charge in [-0.15, -0.1) is 11.7 Å². The average Bonchev–Trinajstić information content (AvgIpc) is 3.24. The molecule has 2 aromatic rings. The molecular weight excluding hydrogens is 488 g/mol. The maximum atomic E-state index is 13.6. The van der Waals surface area contributed by atoms with E-state index in [-0.39, 0.29) is 5.91 Å². The Hall–Kier alpha value is -3.31. The second-order valence-electron chi connectivity index (χ2n) is 8.68. The van der Waals surface area contributed by atoms with Crippen LogP contribution in [0.4, 0.5) is 5.82 Å². The SMILES string of the molecule is C=CCn1c(SC)nc(N(C=O)CCCCC)c1C(=O)N(C)CCC/C(N)=N/N(N)Cc1ccccc1. The number of rotatable bonds is 17. The second kappa shape index (κ2) is 15.7. The van der Waals surface area contributed by atoms with E-state index in [2.05, 4.69) is 23.6 Å². The summed E-state index contributed by atoms with van der Waals surface area (Å²) in [7, 11) is 1.73. The number of allylic oxidation sites excluding steroid dienone is 1. The molecule has 0 radical (unpaired) electrons. The topological polar surface area (TPSA) is 126 Å². The van der Waals surface area contributed by atoms with Crippen molar-refractivity contribution in [3.8, 4) is 0 Å². The van der Waals surface area contributed by atoms with Crippen molar-refractivity contribution in [3.63, 3.8) is 0 Å². The van der Waals surface area contributed by atoms with E-state index < -0.39 is 0 Å². The quantitative estimate of drug-likeness (QED) is 0.0471. The van der Waals surface area contributed by atoms with Crippen molar-refractivity contribution >= 4 is 35.7 Å². The summed E-state index contributed by atoms with van der Waals surface area (Å²) in [6.07, 6.45) is 8.30. The summed E-state index contributed by atoms with van der Waals surface area (Å²) >= 11 is 1.43. The van der Waals surface area contributed by atoms with Crippen molar-refractivity contribution in [1.82, 2.24) is 19.6 Å². The summed E-state index contributed by atoms with van der Waals surface area (Å²) in [4.78, 5) is 33.3. The van der Waals surface area contributed by atoms with Gasteiger partial charge in [0.2, 0.25) is 6.41 Å². The Morgan fingerprint density at radius 2 is 1.95 bits per heavy atom. The van der Waals surface area contributed by atoms with Gasteiger partial charge >= 0.3 is 0 Å². The van der Waals surface area contributed by atoms with Gasteiger partial charge in [0.1, 0.15) is 5.84 Å². The lowest BCUT2D eigenvalue weighted by Gasteiger charge is -2.21. The molecule has 0 saturated carbocycles. The van der Waals surface area contributed by atoms with Crippen LogP contribution in [0.3, 0.4) is 0 Å². The third-order valence-electron chi connectivity index (χ3n) is 5.73. The molecule has 0 bridgehead atoms. The first-order valence-electron chi connectivity index (χ1n) is 12.5. The highest BCUT2D eigenvalue weighted by Gasteiger charge is 2.28. The minimum absolute atomic E-state index is 0.216. The van der Waals surface area contributed by atoms with Gasteiger partial charge < -0.3 is 15.2 Å². The summed E-state index contributed by atoms with van der Waals surface area (Å²) in [5, 5.41) is 6.21. The molecule has 0 spiro atoms. The van der Waals surface area contributed by atoms with Gasteiger partial charge in [-0.3, -0.25) is 14.5 Å². The number of carbonyl (C=O) groups is 2. The van der Waals surface area contributed by atoms with Crippen LogP contribution in [0.5, 0.6) is 0 Å². The molecule has 37 heavy (non-hydrogen) atoms. The summed E-state index contributed by atoms with van der Waals surface area (Å²) in [5.74, 6) is 6.53. The Bertz CT molecular complexity index is 1040. The van der Waals surface area contributed by atoms with Crippen LogP contribution >= 0.6 is 11.8 Å². The molecule has 1 aromatic heterocycles. The number of thioether (sulfide) groups is 1. The van der Waals surface area contributed by atoms with E-state index in [0.29, 0.717) is 61.5 Å². The van der Waals surface area contributed by atoms with E-state index in [0.717, 1.165) is 31.2 Å². The molecule has 0 atom stereocenters. The highest BCUT2D eigenvalue weighted by Crippen LogP contribution is 2.28. The number of anilines is 1. The summed E-state index contributed by atoms with van der Waals surface area (Å²) in [6, 6.07) is 9.76. The zero-order chi connectivity index (χ0) is 27.2. The fraction of sp³-hybridized carbons (Fsp3) is 0.462. The maximum absolute atomic E-state index is 13.6. The van der Waals surface area contributed by atoms with E-state index in [1.165, 1.54) is 21.8 Å². The lowest BCUT2D eigenvalue weighted by Crippen LogP contribution is -2.33. The molecule has 1 heterocycles. The van der Waals surface area contributed by atoms with E-state index in [4.69, 9.17) is 11.6 Å². The Morgan fingerprint density at radius 1 is 1.22 bits per heavy atom.